The summed E-state index contributed by atoms with van der Waals surface area (Å²) in [6, 6.07) is 4.21. The minimum absolute atomic E-state index is 0.222. The molecule has 7 nitrogen and oxygen atoms in total. The molecule has 0 spiro atoms. The van der Waals surface area contributed by atoms with Gasteiger partial charge in [0, 0.05) is 29.5 Å². The number of nitriles is 2. The van der Waals surface area contributed by atoms with Gasteiger partial charge in [-0.3, -0.25) is 9.05 Å². The van der Waals surface area contributed by atoms with Gasteiger partial charge < -0.3 is 4.52 Å². The van der Waals surface area contributed by atoms with Gasteiger partial charge in [0.05, 0.1) is 13.2 Å². The smallest absolute Gasteiger partial charge is 0.381 e. The predicted molar refractivity (Wildman–Crippen MR) is 90.2 cm³/mol. The number of hydrogen-bond acceptors (Lipinski definition) is 8. The highest BCUT2D eigenvalue weighted by molar-refractivity contribution is 8.07. The van der Waals surface area contributed by atoms with Gasteiger partial charge in [-0.05, 0) is 20.8 Å². The number of nitrogens with zero attached hydrogens (tertiary/aromatic N) is 4. The Balaban J connectivity index is 0.00000108. The molecule has 0 N–H and O–H groups in total. The SMILES string of the molecule is CCOP(=S)(OCC)Oc1cc(C)nc(C(C)C)n1.N#CC#N. The van der Waals surface area contributed by atoms with Crippen LogP contribution in [0, 0.1) is 29.6 Å². The van der Waals surface area contributed by atoms with E-state index in [9.17, 15) is 0 Å². The molecule has 0 saturated heterocycles. The summed E-state index contributed by atoms with van der Waals surface area (Å²) in [6.07, 6.45) is 0. The molecule has 1 rings (SSSR count). The van der Waals surface area contributed by atoms with Gasteiger partial charge in [-0.1, -0.05) is 13.8 Å². The first-order chi connectivity index (χ1) is 10.8. The Morgan fingerprint density at radius 1 is 1.17 bits per heavy atom. The zero-order valence-corrected chi connectivity index (χ0v) is 15.6. The molecule has 0 saturated carbocycles. The average molecular weight is 356 g/mol. The summed E-state index contributed by atoms with van der Waals surface area (Å²) in [5.41, 5.74) is 0.836. The van der Waals surface area contributed by atoms with E-state index in [1.807, 2.05) is 34.6 Å². The fourth-order valence-electron chi connectivity index (χ4n) is 1.39. The summed E-state index contributed by atoms with van der Waals surface area (Å²) < 4.78 is 16.6. The van der Waals surface area contributed by atoms with E-state index in [4.69, 9.17) is 35.9 Å². The Morgan fingerprint density at radius 2 is 1.70 bits per heavy atom. The van der Waals surface area contributed by atoms with Crippen molar-refractivity contribution in [2.45, 2.75) is 40.5 Å². The van der Waals surface area contributed by atoms with Gasteiger partial charge in [-0.25, -0.2) is 4.98 Å². The fraction of sp³-hybridized carbons (Fsp3) is 0.571. The summed E-state index contributed by atoms with van der Waals surface area (Å²) in [4.78, 5) is 8.71. The van der Waals surface area contributed by atoms with Crippen LogP contribution >= 0.6 is 6.72 Å². The number of aromatic nitrogens is 2. The van der Waals surface area contributed by atoms with Crippen molar-refractivity contribution in [3.8, 4) is 18.0 Å². The Hall–Kier alpha value is -1.57. The first kappa shape index (κ1) is 21.4. The highest BCUT2D eigenvalue weighted by atomic mass is 32.5. The van der Waals surface area contributed by atoms with Crippen molar-refractivity contribution in [1.82, 2.24) is 9.97 Å². The van der Waals surface area contributed by atoms with Crippen LogP contribution in [0.5, 0.6) is 5.88 Å². The Morgan fingerprint density at radius 3 is 2.09 bits per heavy atom. The topological polar surface area (TPSA) is 101 Å². The lowest BCUT2D eigenvalue weighted by Gasteiger charge is -2.20. The van der Waals surface area contributed by atoms with Gasteiger partial charge in [0.1, 0.15) is 5.82 Å². The number of rotatable bonds is 7. The molecule has 0 fully saturated rings. The van der Waals surface area contributed by atoms with E-state index in [1.54, 1.807) is 6.07 Å². The maximum atomic E-state index is 7.26. The van der Waals surface area contributed by atoms with Crippen molar-refractivity contribution < 1.29 is 13.6 Å². The first-order valence-electron chi connectivity index (χ1n) is 7.04. The predicted octanol–water partition coefficient (Wildman–Crippen LogP) is 3.62. The van der Waals surface area contributed by atoms with E-state index < -0.39 is 6.72 Å². The molecule has 23 heavy (non-hydrogen) atoms. The lowest BCUT2D eigenvalue weighted by atomic mass is 10.2. The Bertz CT molecular complexity index is 603. The van der Waals surface area contributed by atoms with Crippen LogP contribution < -0.4 is 4.52 Å². The number of hydrogen-bond donors (Lipinski definition) is 0. The molecule has 0 aliphatic rings. The van der Waals surface area contributed by atoms with Gasteiger partial charge in [-0.2, -0.15) is 15.5 Å². The third-order valence-electron chi connectivity index (χ3n) is 2.19. The molecule has 1 aromatic rings. The lowest BCUT2D eigenvalue weighted by molar-refractivity contribution is 0.215. The van der Waals surface area contributed by atoms with Crippen molar-refractivity contribution in [3.05, 3.63) is 17.6 Å². The zero-order chi connectivity index (χ0) is 17.9. The lowest BCUT2D eigenvalue weighted by Crippen LogP contribution is -2.06. The van der Waals surface area contributed by atoms with Gasteiger partial charge in [0.25, 0.3) is 0 Å². The van der Waals surface area contributed by atoms with Crippen LogP contribution in [0.15, 0.2) is 6.07 Å². The van der Waals surface area contributed by atoms with Crippen molar-refractivity contribution in [2.24, 2.45) is 0 Å². The van der Waals surface area contributed by atoms with Crippen LogP contribution in [-0.4, -0.2) is 23.2 Å². The maximum Gasteiger partial charge on any atom is 0.381 e. The molecule has 0 bridgehead atoms. The van der Waals surface area contributed by atoms with Crippen LogP contribution in [0.3, 0.4) is 0 Å². The molecule has 0 aliphatic carbocycles. The molecule has 9 heteroatoms. The van der Waals surface area contributed by atoms with E-state index in [1.165, 1.54) is 12.1 Å². The highest BCUT2D eigenvalue weighted by Crippen LogP contribution is 2.49. The number of aryl methyl sites for hydroxylation is 1. The molecule has 1 aromatic heterocycles. The minimum atomic E-state index is -2.77. The maximum absolute atomic E-state index is 7.26. The van der Waals surface area contributed by atoms with Crippen LogP contribution in [0.1, 0.15) is 45.1 Å². The molecule has 0 radical (unpaired) electrons. The molecule has 0 amide bonds. The van der Waals surface area contributed by atoms with Crippen LogP contribution in [0.4, 0.5) is 0 Å². The molecule has 0 aromatic carbocycles. The third-order valence-corrected chi connectivity index (χ3v) is 4.61. The van der Waals surface area contributed by atoms with Crippen LogP contribution in [0.2, 0.25) is 0 Å². The molecule has 0 unspecified atom stereocenters. The van der Waals surface area contributed by atoms with Gasteiger partial charge in [-0.15, -0.1) is 0 Å². The Kier molecular flexibility index (Phi) is 10.3. The van der Waals surface area contributed by atoms with E-state index in [0.29, 0.717) is 19.1 Å². The molecular formula is C14H21N4O3PS. The van der Waals surface area contributed by atoms with Crippen molar-refractivity contribution in [1.29, 1.82) is 10.5 Å². The average Bonchev–Trinajstić information content (AvgIpc) is 2.47. The summed E-state index contributed by atoms with van der Waals surface area (Å²) >= 11 is 5.32. The summed E-state index contributed by atoms with van der Waals surface area (Å²) in [7, 11) is 0. The quantitative estimate of drug-likeness (QED) is 0.683. The van der Waals surface area contributed by atoms with Gasteiger partial charge in [0.2, 0.25) is 5.88 Å². The molecule has 126 valence electrons. The largest absolute Gasteiger partial charge is 0.406 e. The monoisotopic (exact) mass is 356 g/mol. The van der Waals surface area contributed by atoms with Crippen molar-refractivity contribution in [3.63, 3.8) is 0 Å². The van der Waals surface area contributed by atoms with Crippen molar-refractivity contribution in [2.75, 3.05) is 13.2 Å². The molecule has 0 atom stereocenters. The second-order valence-electron chi connectivity index (χ2n) is 4.46. The van der Waals surface area contributed by atoms with E-state index in [2.05, 4.69) is 9.97 Å². The second-order valence-corrected chi connectivity index (χ2v) is 7.39. The second kappa shape index (κ2) is 11.0. The highest BCUT2D eigenvalue weighted by Gasteiger charge is 2.22. The normalized spacial score (nSPS) is 10.3. The minimum Gasteiger partial charge on any atom is -0.406 e. The Labute approximate surface area is 142 Å². The third kappa shape index (κ3) is 8.59. The summed E-state index contributed by atoms with van der Waals surface area (Å²) in [5.74, 6) is 1.37. The van der Waals surface area contributed by atoms with E-state index >= 15 is 0 Å². The van der Waals surface area contributed by atoms with E-state index in [-0.39, 0.29) is 5.92 Å². The summed E-state index contributed by atoms with van der Waals surface area (Å²) in [6.45, 7) is 7.78. The standard InChI is InChI=1S/C12H21N2O3PS.C2N2/c1-6-15-18(19,16-7-2)17-11-8-10(5)13-12(14-11)9(3)4;3-1-2-4/h8-9H,6-7H2,1-5H3;. The first-order valence-corrected chi connectivity index (χ1v) is 9.59. The van der Waals surface area contributed by atoms with Gasteiger partial charge >= 0.3 is 6.72 Å². The van der Waals surface area contributed by atoms with Crippen LogP contribution in [0.25, 0.3) is 0 Å². The van der Waals surface area contributed by atoms with Crippen molar-refractivity contribution >= 4 is 18.5 Å². The molecule has 1 heterocycles. The van der Waals surface area contributed by atoms with Gasteiger partial charge in [0.15, 0.2) is 12.1 Å². The fourth-order valence-corrected chi connectivity index (χ4v) is 3.38. The molecular weight excluding hydrogens is 335 g/mol. The van der Waals surface area contributed by atoms with Crippen LogP contribution in [-0.2, 0) is 20.9 Å². The molecule has 0 aliphatic heterocycles. The zero-order valence-electron chi connectivity index (χ0n) is 13.9. The summed E-state index contributed by atoms with van der Waals surface area (Å²) in [5, 5.41) is 14.5. The van der Waals surface area contributed by atoms with E-state index in [0.717, 1.165) is 11.5 Å².